The average molecular weight is 367 g/mol. The fourth-order valence-corrected chi connectivity index (χ4v) is 2.87. The molecule has 0 heterocycles. The van der Waals surface area contributed by atoms with E-state index in [9.17, 15) is 4.79 Å². The highest BCUT2D eigenvalue weighted by Gasteiger charge is 2.21. The molecule has 1 atom stereocenters. The first-order valence-corrected chi connectivity index (χ1v) is 7.86. The Bertz CT molecular complexity index is 672. The number of carbonyl (C=O) groups excluding carboxylic acids is 1. The summed E-state index contributed by atoms with van der Waals surface area (Å²) in [5.74, 6) is -0.0128. The second kappa shape index (κ2) is 6.63. The Morgan fingerprint density at radius 1 is 1.24 bits per heavy atom. The molecule has 0 aliphatic heterocycles. The van der Waals surface area contributed by atoms with Crippen LogP contribution in [0, 0.1) is 6.92 Å². The van der Waals surface area contributed by atoms with Gasteiger partial charge in [0.15, 0.2) is 0 Å². The van der Waals surface area contributed by atoms with Gasteiger partial charge in [0, 0.05) is 22.1 Å². The van der Waals surface area contributed by atoms with E-state index in [0.717, 1.165) is 15.6 Å². The molecule has 0 radical (unpaired) electrons. The van der Waals surface area contributed by atoms with Crippen LogP contribution in [0.25, 0.3) is 0 Å². The van der Waals surface area contributed by atoms with Crippen LogP contribution in [0.2, 0.25) is 5.02 Å². The fourth-order valence-electron chi connectivity index (χ4n) is 2.21. The van der Waals surface area contributed by atoms with Crippen LogP contribution in [0.3, 0.4) is 0 Å². The first-order valence-electron chi connectivity index (χ1n) is 6.69. The predicted molar refractivity (Wildman–Crippen MR) is 90.8 cm³/mol. The van der Waals surface area contributed by atoms with Gasteiger partial charge in [-0.1, -0.05) is 51.8 Å². The summed E-state index contributed by atoms with van der Waals surface area (Å²) in [5, 5.41) is 0.676. The molecule has 0 aliphatic rings. The molecule has 0 aliphatic carbocycles. The minimum Gasteiger partial charge on any atom is -0.335 e. The summed E-state index contributed by atoms with van der Waals surface area (Å²) in [4.78, 5) is 14.4. The molecule has 0 N–H and O–H groups in total. The lowest BCUT2D eigenvalue weighted by molar-refractivity contribution is 0.0742. The number of halogens is 2. The second-order valence-corrected chi connectivity index (χ2v) is 6.40. The van der Waals surface area contributed by atoms with Gasteiger partial charge in [0.05, 0.1) is 6.04 Å². The molecular weight excluding hydrogens is 350 g/mol. The van der Waals surface area contributed by atoms with Crippen LogP contribution < -0.4 is 0 Å². The van der Waals surface area contributed by atoms with Gasteiger partial charge in [0.25, 0.3) is 5.91 Å². The van der Waals surface area contributed by atoms with Gasteiger partial charge in [-0.15, -0.1) is 0 Å². The van der Waals surface area contributed by atoms with E-state index in [1.54, 1.807) is 11.9 Å². The maximum Gasteiger partial charge on any atom is 0.254 e. The Morgan fingerprint density at radius 2 is 1.90 bits per heavy atom. The fraction of sp³-hybridized carbons (Fsp3) is 0.235. The van der Waals surface area contributed by atoms with Crippen molar-refractivity contribution in [2.75, 3.05) is 7.05 Å². The minimum atomic E-state index is -0.0930. The van der Waals surface area contributed by atoms with E-state index in [1.807, 2.05) is 56.3 Å². The number of benzene rings is 2. The maximum absolute atomic E-state index is 12.7. The zero-order chi connectivity index (χ0) is 15.6. The first kappa shape index (κ1) is 16.1. The molecule has 110 valence electrons. The number of hydrogen-bond acceptors (Lipinski definition) is 1. The van der Waals surface area contributed by atoms with Crippen molar-refractivity contribution in [2.24, 2.45) is 0 Å². The van der Waals surface area contributed by atoms with Crippen LogP contribution in [-0.2, 0) is 0 Å². The summed E-state index contributed by atoms with van der Waals surface area (Å²) in [6.45, 7) is 3.92. The maximum atomic E-state index is 12.7. The van der Waals surface area contributed by atoms with Crippen LogP contribution in [-0.4, -0.2) is 17.9 Å². The molecule has 2 nitrogen and oxygen atoms in total. The highest BCUT2D eigenvalue weighted by molar-refractivity contribution is 9.10. The van der Waals surface area contributed by atoms with Crippen molar-refractivity contribution >= 4 is 33.4 Å². The van der Waals surface area contributed by atoms with E-state index < -0.39 is 0 Å². The summed E-state index contributed by atoms with van der Waals surface area (Å²) in [6, 6.07) is 13.2. The van der Waals surface area contributed by atoms with Gasteiger partial charge >= 0.3 is 0 Å². The Labute approximate surface area is 138 Å². The zero-order valence-electron chi connectivity index (χ0n) is 12.2. The van der Waals surface area contributed by atoms with Crippen LogP contribution in [0.4, 0.5) is 0 Å². The van der Waals surface area contributed by atoms with Crippen molar-refractivity contribution in [3.05, 3.63) is 68.7 Å². The standard InChI is InChI=1S/C17H17BrClNO/c1-11-8-9-13(18)10-15(11)17(21)20(3)12(2)14-6-4-5-7-16(14)19/h4-10,12H,1-3H3. The lowest BCUT2D eigenvalue weighted by atomic mass is 10.0. The Hall–Kier alpha value is -1.32. The lowest BCUT2D eigenvalue weighted by Crippen LogP contribution is -2.30. The third kappa shape index (κ3) is 3.47. The molecule has 0 bridgehead atoms. The van der Waals surface area contributed by atoms with E-state index in [2.05, 4.69) is 15.9 Å². The molecule has 21 heavy (non-hydrogen) atoms. The van der Waals surface area contributed by atoms with Gasteiger partial charge in [-0.05, 0) is 43.2 Å². The van der Waals surface area contributed by atoms with E-state index in [4.69, 9.17) is 11.6 Å². The summed E-state index contributed by atoms with van der Waals surface area (Å²) >= 11 is 9.64. The second-order valence-electron chi connectivity index (χ2n) is 5.07. The number of aryl methyl sites for hydroxylation is 1. The Kier molecular flexibility index (Phi) is 5.07. The topological polar surface area (TPSA) is 20.3 Å². The van der Waals surface area contributed by atoms with Crippen LogP contribution >= 0.6 is 27.5 Å². The number of amides is 1. The van der Waals surface area contributed by atoms with E-state index in [-0.39, 0.29) is 11.9 Å². The molecule has 2 rings (SSSR count). The van der Waals surface area contributed by atoms with Gasteiger partial charge in [0.1, 0.15) is 0 Å². The number of carbonyl (C=O) groups is 1. The third-order valence-electron chi connectivity index (χ3n) is 3.69. The molecule has 1 amide bonds. The average Bonchev–Trinajstić information content (AvgIpc) is 2.48. The van der Waals surface area contributed by atoms with Crippen molar-refractivity contribution in [1.29, 1.82) is 0 Å². The summed E-state index contributed by atoms with van der Waals surface area (Å²) in [5.41, 5.74) is 2.61. The molecular formula is C17H17BrClNO. The van der Waals surface area contributed by atoms with Gasteiger partial charge in [0.2, 0.25) is 0 Å². The monoisotopic (exact) mass is 365 g/mol. The Balaban J connectivity index is 2.31. The van der Waals surface area contributed by atoms with E-state index >= 15 is 0 Å². The number of hydrogen-bond donors (Lipinski definition) is 0. The van der Waals surface area contributed by atoms with Gasteiger partial charge in [-0.25, -0.2) is 0 Å². The zero-order valence-corrected chi connectivity index (χ0v) is 14.6. The molecule has 0 spiro atoms. The molecule has 2 aromatic rings. The number of nitrogens with zero attached hydrogens (tertiary/aromatic N) is 1. The van der Waals surface area contributed by atoms with Crippen LogP contribution in [0.15, 0.2) is 46.9 Å². The van der Waals surface area contributed by atoms with Crippen molar-refractivity contribution in [2.45, 2.75) is 19.9 Å². The SMILES string of the molecule is Cc1ccc(Br)cc1C(=O)N(C)C(C)c1ccccc1Cl. The van der Waals surface area contributed by atoms with Crippen molar-refractivity contribution in [3.8, 4) is 0 Å². The smallest absolute Gasteiger partial charge is 0.254 e. The molecule has 4 heteroatoms. The molecule has 2 aromatic carbocycles. The number of rotatable bonds is 3. The molecule has 0 saturated carbocycles. The van der Waals surface area contributed by atoms with Crippen molar-refractivity contribution < 1.29 is 4.79 Å². The largest absolute Gasteiger partial charge is 0.335 e. The highest BCUT2D eigenvalue weighted by Crippen LogP contribution is 2.28. The lowest BCUT2D eigenvalue weighted by Gasteiger charge is -2.26. The quantitative estimate of drug-likeness (QED) is 0.727. The summed E-state index contributed by atoms with van der Waals surface area (Å²) < 4.78 is 0.898. The van der Waals surface area contributed by atoms with Crippen molar-refractivity contribution in [3.63, 3.8) is 0 Å². The highest BCUT2D eigenvalue weighted by atomic mass is 79.9. The van der Waals surface area contributed by atoms with E-state index in [0.29, 0.717) is 10.6 Å². The van der Waals surface area contributed by atoms with Gasteiger partial charge < -0.3 is 4.90 Å². The molecule has 1 unspecified atom stereocenters. The summed E-state index contributed by atoms with van der Waals surface area (Å²) in [7, 11) is 1.80. The van der Waals surface area contributed by atoms with Crippen LogP contribution in [0.1, 0.15) is 34.5 Å². The summed E-state index contributed by atoms with van der Waals surface area (Å²) in [6.07, 6.45) is 0. The Morgan fingerprint density at radius 3 is 2.57 bits per heavy atom. The minimum absolute atomic E-state index is 0.0128. The third-order valence-corrected chi connectivity index (χ3v) is 4.52. The molecule has 0 saturated heterocycles. The van der Waals surface area contributed by atoms with Crippen LogP contribution in [0.5, 0.6) is 0 Å². The normalized spacial score (nSPS) is 12.0. The van der Waals surface area contributed by atoms with Gasteiger partial charge in [-0.3, -0.25) is 4.79 Å². The predicted octanol–water partition coefficient (Wildman–Crippen LogP) is 5.24. The van der Waals surface area contributed by atoms with Crippen molar-refractivity contribution in [1.82, 2.24) is 4.90 Å². The first-order chi connectivity index (χ1) is 9.91. The molecule has 0 aromatic heterocycles. The van der Waals surface area contributed by atoms with E-state index in [1.165, 1.54) is 0 Å². The van der Waals surface area contributed by atoms with Gasteiger partial charge in [-0.2, -0.15) is 0 Å². The molecule has 0 fully saturated rings.